The van der Waals surface area contributed by atoms with E-state index < -0.39 is 50.2 Å². The molecule has 0 aromatic rings. The Morgan fingerprint density at radius 3 is 2.73 bits per heavy atom. The van der Waals surface area contributed by atoms with Crippen molar-refractivity contribution in [2.75, 3.05) is 6.61 Å². The van der Waals surface area contributed by atoms with Crippen molar-refractivity contribution in [2.45, 2.75) is 69.5 Å². The molecule has 4 aliphatic rings. The molecule has 0 radical (unpaired) electrons. The van der Waals surface area contributed by atoms with Gasteiger partial charge in [-0.3, -0.25) is 28.1 Å². The van der Waals surface area contributed by atoms with Gasteiger partial charge >= 0.3 is 7.82 Å². The smallest absolute Gasteiger partial charge is 0.349 e. The van der Waals surface area contributed by atoms with Crippen molar-refractivity contribution in [3.8, 4) is 0 Å². The summed E-state index contributed by atoms with van der Waals surface area (Å²) in [7, 11) is -3.68. The van der Waals surface area contributed by atoms with Crippen molar-refractivity contribution in [3.63, 3.8) is 0 Å². The Labute approximate surface area is 150 Å². The first kappa shape index (κ1) is 18.3. The third-order valence-electron chi connectivity index (χ3n) is 5.10. The second-order valence-electron chi connectivity index (χ2n) is 7.00. The zero-order valence-electron chi connectivity index (χ0n) is 14.2. The molecule has 3 fully saturated rings. The molecule has 144 valence electrons. The number of hydrogen-bond donors (Lipinski definition) is 0. The Hall–Kier alpha value is -1.12. The molecule has 4 atom stereocenters. The van der Waals surface area contributed by atoms with Gasteiger partial charge in [0.05, 0.1) is 19.1 Å². The molecule has 0 spiro atoms. The summed E-state index contributed by atoms with van der Waals surface area (Å²) in [5.41, 5.74) is 0. The van der Waals surface area contributed by atoms with E-state index >= 15 is 0 Å². The molecule has 1 unspecified atom stereocenters. The molecule has 1 amide bonds. The molecule has 0 aromatic heterocycles. The van der Waals surface area contributed by atoms with Gasteiger partial charge in [-0.2, -0.15) is 0 Å². The number of nitrogens with zero attached hydrogens (tertiary/aromatic N) is 1. The summed E-state index contributed by atoms with van der Waals surface area (Å²) in [4.78, 5) is 24.3. The number of carbonyl (C=O) groups is 2. The van der Waals surface area contributed by atoms with E-state index in [1.807, 2.05) is 0 Å². The van der Waals surface area contributed by atoms with Crippen molar-refractivity contribution >= 4 is 19.5 Å². The van der Waals surface area contributed by atoms with Gasteiger partial charge in [0, 0.05) is 12.6 Å². The highest BCUT2D eigenvalue weighted by molar-refractivity contribution is 7.48. The van der Waals surface area contributed by atoms with Crippen molar-refractivity contribution in [1.82, 2.24) is 4.90 Å². The number of amides is 1. The third-order valence-corrected chi connectivity index (χ3v) is 6.65. The maximum absolute atomic E-state index is 13.5. The van der Waals surface area contributed by atoms with Crippen LogP contribution in [-0.2, 0) is 32.5 Å². The predicted molar refractivity (Wildman–Crippen MR) is 85.3 cm³/mol. The summed E-state index contributed by atoms with van der Waals surface area (Å²) in [6.07, 6.45) is 3.33. The molecular formula is C16H21FNO7P. The van der Waals surface area contributed by atoms with Gasteiger partial charge in [0.15, 0.2) is 5.83 Å². The van der Waals surface area contributed by atoms with Gasteiger partial charge in [0.1, 0.15) is 18.4 Å². The normalized spacial score (nSPS) is 39.0. The van der Waals surface area contributed by atoms with Gasteiger partial charge in [0.25, 0.3) is 0 Å². The summed E-state index contributed by atoms with van der Waals surface area (Å²) < 4.78 is 48.5. The largest absolute Gasteiger partial charge is 0.475 e. The molecule has 2 saturated heterocycles. The minimum Gasteiger partial charge on any atom is -0.349 e. The maximum atomic E-state index is 13.5. The van der Waals surface area contributed by atoms with Crippen LogP contribution in [0.1, 0.15) is 44.9 Å². The number of phosphoric ester groups is 1. The molecule has 3 aliphatic heterocycles. The molecule has 1 aliphatic carbocycles. The highest BCUT2D eigenvalue weighted by Gasteiger charge is 2.50. The molecule has 26 heavy (non-hydrogen) atoms. The van der Waals surface area contributed by atoms with E-state index in [2.05, 4.69) is 0 Å². The van der Waals surface area contributed by atoms with E-state index in [4.69, 9.17) is 18.3 Å². The van der Waals surface area contributed by atoms with Crippen molar-refractivity contribution < 1.29 is 36.9 Å². The number of phosphoric acid groups is 1. The van der Waals surface area contributed by atoms with Gasteiger partial charge in [-0.15, -0.1) is 0 Å². The van der Waals surface area contributed by atoms with E-state index in [-0.39, 0.29) is 19.1 Å². The standard InChI is InChI=1S/C16H21FNO7P/c17-11-8-18(15(20)6-12(11)19)16-7-13-14(23-16)9-22-26(21,25-13)24-10-4-2-1-3-5-10/h8,10,13-14,16H,1-7,9H2/t13-,14+,16+,26?/m0/s1. The number of fused-ring (bicyclic) bond motifs is 1. The fourth-order valence-electron chi connectivity index (χ4n) is 3.72. The minimum atomic E-state index is -3.68. The van der Waals surface area contributed by atoms with Crippen LogP contribution in [0.3, 0.4) is 0 Å². The van der Waals surface area contributed by atoms with Crippen LogP contribution >= 0.6 is 7.82 Å². The first-order valence-electron chi connectivity index (χ1n) is 8.92. The lowest BCUT2D eigenvalue weighted by Crippen LogP contribution is -2.40. The van der Waals surface area contributed by atoms with Crippen molar-refractivity contribution in [2.24, 2.45) is 0 Å². The summed E-state index contributed by atoms with van der Waals surface area (Å²) in [5.74, 6) is -2.36. The summed E-state index contributed by atoms with van der Waals surface area (Å²) >= 11 is 0. The monoisotopic (exact) mass is 389 g/mol. The van der Waals surface area contributed by atoms with Crippen LogP contribution < -0.4 is 0 Å². The summed E-state index contributed by atoms with van der Waals surface area (Å²) in [5, 5.41) is 0. The lowest BCUT2D eigenvalue weighted by atomic mass is 9.98. The third kappa shape index (κ3) is 3.64. The number of halogens is 1. The topological polar surface area (TPSA) is 91.4 Å². The minimum absolute atomic E-state index is 0.0122. The lowest BCUT2D eigenvalue weighted by molar-refractivity contribution is -0.146. The fraction of sp³-hybridized carbons (Fsp3) is 0.750. The Balaban J connectivity index is 1.40. The van der Waals surface area contributed by atoms with Crippen LogP contribution in [-0.4, -0.2) is 47.7 Å². The van der Waals surface area contributed by atoms with Crippen LogP contribution in [0.2, 0.25) is 0 Å². The average Bonchev–Trinajstić information content (AvgIpc) is 3.01. The first-order valence-corrected chi connectivity index (χ1v) is 10.4. The molecular weight excluding hydrogens is 368 g/mol. The molecule has 0 N–H and O–H groups in total. The zero-order valence-corrected chi connectivity index (χ0v) is 15.1. The van der Waals surface area contributed by atoms with E-state index in [1.54, 1.807) is 0 Å². The number of carbonyl (C=O) groups excluding carboxylic acids is 2. The van der Waals surface area contributed by atoms with Gasteiger partial charge in [0.2, 0.25) is 11.7 Å². The first-order chi connectivity index (χ1) is 12.4. The van der Waals surface area contributed by atoms with Crippen LogP contribution in [0.25, 0.3) is 0 Å². The number of Topliss-reactive ketones (excluding diaryl/α,β-unsaturated/α-hetero) is 1. The number of allylic oxidation sites excluding steroid dienone is 1. The molecule has 8 nitrogen and oxygen atoms in total. The average molecular weight is 389 g/mol. The Kier molecular flexibility index (Phi) is 5.00. The van der Waals surface area contributed by atoms with Gasteiger partial charge in [-0.1, -0.05) is 19.3 Å². The second-order valence-corrected chi connectivity index (χ2v) is 8.57. The highest BCUT2D eigenvalue weighted by Crippen LogP contribution is 2.57. The molecule has 3 heterocycles. The molecule has 1 saturated carbocycles. The van der Waals surface area contributed by atoms with Gasteiger partial charge in [-0.25, -0.2) is 8.96 Å². The maximum Gasteiger partial charge on any atom is 0.475 e. The van der Waals surface area contributed by atoms with Crippen LogP contribution in [0, 0.1) is 0 Å². The van der Waals surface area contributed by atoms with E-state index in [1.165, 1.54) is 0 Å². The van der Waals surface area contributed by atoms with Crippen molar-refractivity contribution in [3.05, 3.63) is 12.0 Å². The number of ether oxygens (including phenoxy) is 1. The summed E-state index contributed by atoms with van der Waals surface area (Å²) in [6, 6.07) is 0. The van der Waals surface area contributed by atoms with Crippen LogP contribution in [0.5, 0.6) is 0 Å². The fourth-order valence-corrected chi connectivity index (χ4v) is 5.35. The van der Waals surface area contributed by atoms with Crippen molar-refractivity contribution in [1.29, 1.82) is 0 Å². The zero-order chi connectivity index (χ0) is 18.3. The van der Waals surface area contributed by atoms with Crippen LogP contribution in [0.4, 0.5) is 4.39 Å². The Morgan fingerprint density at radius 2 is 1.96 bits per heavy atom. The van der Waals surface area contributed by atoms with E-state index in [0.717, 1.165) is 43.2 Å². The SMILES string of the molecule is O=C1CC(=O)N([C@H]2C[C@@H]3OP(=O)(OC4CCCCC4)OC[C@H]3O2)C=C1F. The Bertz CT molecular complexity index is 678. The van der Waals surface area contributed by atoms with Crippen LogP contribution in [0.15, 0.2) is 12.0 Å². The number of hydrogen-bond acceptors (Lipinski definition) is 7. The second kappa shape index (κ2) is 7.13. The highest BCUT2D eigenvalue weighted by atomic mass is 31.2. The Morgan fingerprint density at radius 1 is 1.19 bits per heavy atom. The molecule has 0 bridgehead atoms. The van der Waals surface area contributed by atoms with Gasteiger partial charge in [-0.05, 0) is 12.8 Å². The van der Waals surface area contributed by atoms with Gasteiger partial charge < -0.3 is 4.74 Å². The number of ketones is 1. The molecule has 4 rings (SSSR count). The number of rotatable bonds is 3. The lowest BCUT2D eigenvalue weighted by Gasteiger charge is -2.33. The van der Waals surface area contributed by atoms with E-state index in [9.17, 15) is 18.5 Å². The summed E-state index contributed by atoms with van der Waals surface area (Å²) in [6.45, 7) is 0.0122. The quantitative estimate of drug-likeness (QED) is 0.541. The molecule has 10 heteroatoms. The van der Waals surface area contributed by atoms with E-state index in [0.29, 0.717) is 0 Å². The predicted octanol–water partition coefficient (Wildman–Crippen LogP) is 2.59. The molecule has 0 aromatic carbocycles.